The van der Waals surface area contributed by atoms with Crippen molar-refractivity contribution in [1.29, 1.82) is 0 Å². The molecule has 3 N–H and O–H groups in total. The highest BCUT2D eigenvalue weighted by Gasteiger charge is 2.21. The molecule has 4 aromatic rings. The molecule has 36 heavy (non-hydrogen) atoms. The summed E-state index contributed by atoms with van der Waals surface area (Å²) in [5.74, 6) is 0.549. The Bertz CT molecular complexity index is 1250. The number of pyridine rings is 1. The topological polar surface area (TPSA) is 97.8 Å². The van der Waals surface area contributed by atoms with Crippen molar-refractivity contribution in [3.8, 4) is 22.5 Å². The summed E-state index contributed by atoms with van der Waals surface area (Å²) >= 11 is 0. The van der Waals surface area contributed by atoms with Crippen LogP contribution in [0.5, 0.6) is 0 Å². The van der Waals surface area contributed by atoms with E-state index in [4.69, 9.17) is 15.8 Å². The van der Waals surface area contributed by atoms with Crippen LogP contribution in [0.4, 0.5) is 17.3 Å². The van der Waals surface area contributed by atoms with Gasteiger partial charge in [-0.15, -0.1) is 0 Å². The molecule has 0 amide bonds. The van der Waals surface area contributed by atoms with Crippen LogP contribution in [0.1, 0.15) is 39.0 Å². The predicted octanol–water partition coefficient (Wildman–Crippen LogP) is 5.26. The summed E-state index contributed by atoms with van der Waals surface area (Å²) < 4.78 is 1.92. The van der Waals surface area contributed by atoms with Crippen LogP contribution >= 0.6 is 0 Å². The van der Waals surface area contributed by atoms with E-state index in [1.54, 1.807) is 12.4 Å². The molecule has 0 saturated heterocycles. The average Bonchev–Trinajstić information content (AvgIpc) is 3.38. The first-order valence-corrected chi connectivity index (χ1v) is 12.9. The van der Waals surface area contributed by atoms with E-state index < -0.39 is 0 Å². The zero-order chi connectivity index (χ0) is 24.7. The lowest BCUT2D eigenvalue weighted by molar-refractivity contribution is 0.416. The van der Waals surface area contributed by atoms with E-state index in [0.717, 1.165) is 41.3 Å². The molecular weight excluding hydrogens is 448 g/mol. The molecule has 1 aliphatic carbocycles. The minimum atomic E-state index is 0.549. The van der Waals surface area contributed by atoms with E-state index in [2.05, 4.69) is 51.4 Å². The zero-order valence-corrected chi connectivity index (χ0v) is 20.8. The van der Waals surface area contributed by atoms with Crippen molar-refractivity contribution < 1.29 is 0 Å². The molecule has 0 bridgehead atoms. The second-order valence-electron chi connectivity index (χ2n) is 9.20. The number of benzene rings is 1. The maximum Gasteiger partial charge on any atom is 0.227 e. The lowest BCUT2D eigenvalue weighted by atomic mass is 9.93. The number of hydrogen-bond donors (Lipinski definition) is 2. The SMILES string of the molecule is CCn1cc(-c2ccnc(Nc3ccc(N(CCN)C4CCCCC4)cc3)n2)c(-c2cccnc2)n1. The Morgan fingerprint density at radius 2 is 1.89 bits per heavy atom. The van der Waals surface area contributed by atoms with Crippen LogP contribution in [0.2, 0.25) is 0 Å². The number of hydrogen-bond acceptors (Lipinski definition) is 7. The van der Waals surface area contributed by atoms with Crippen LogP contribution in [-0.2, 0) is 6.54 Å². The first kappa shape index (κ1) is 23.9. The van der Waals surface area contributed by atoms with Crippen LogP contribution in [-0.4, -0.2) is 43.9 Å². The van der Waals surface area contributed by atoms with Crippen molar-refractivity contribution in [1.82, 2.24) is 24.7 Å². The summed E-state index contributed by atoms with van der Waals surface area (Å²) in [7, 11) is 0. The molecule has 0 spiro atoms. The average molecular weight is 483 g/mol. The molecular formula is C28H34N8. The number of nitrogens with zero attached hydrogens (tertiary/aromatic N) is 6. The van der Waals surface area contributed by atoms with Crippen molar-refractivity contribution in [2.75, 3.05) is 23.3 Å². The van der Waals surface area contributed by atoms with Crippen molar-refractivity contribution in [3.63, 3.8) is 0 Å². The minimum Gasteiger partial charge on any atom is -0.367 e. The van der Waals surface area contributed by atoms with Gasteiger partial charge in [-0.2, -0.15) is 5.10 Å². The molecule has 8 nitrogen and oxygen atoms in total. The fourth-order valence-electron chi connectivity index (χ4n) is 4.98. The summed E-state index contributed by atoms with van der Waals surface area (Å²) in [6.45, 7) is 4.39. The third-order valence-electron chi connectivity index (χ3n) is 6.79. The van der Waals surface area contributed by atoms with Crippen molar-refractivity contribution in [2.24, 2.45) is 5.73 Å². The summed E-state index contributed by atoms with van der Waals surface area (Å²) in [6, 6.07) is 15.0. The van der Waals surface area contributed by atoms with Crippen LogP contribution in [0, 0.1) is 0 Å². The normalized spacial score (nSPS) is 14.1. The third kappa shape index (κ3) is 5.39. The monoisotopic (exact) mass is 482 g/mol. The fourth-order valence-corrected chi connectivity index (χ4v) is 4.98. The predicted molar refractivity (Wildman–Crippen MR) is 145 cm³/mol. The molecule has 3 aromatic heterocycles. The van der Waals surface area contributed by atoms with Gasteiger partial charge >= 0.3 is 0 Å². The smallest absolute Gasteiger partial charge is 0.227 e. The van der Waals surface area contributed by atoms with Gasteiger partial charge in [0.05, 0.1) is 5.69 Å². The molecule has 0 aliphatic heterocycles. The lowest BCUT2D eigenvalue weighted by Crippen LogP contribution is -2.40. The van der Waals surface area contributed by atoms with Gasteiger partial charge in [-0.1, -0.05) is 19.3 Å². The van der Waals surface area contributed by atoms with Crippen LogP contribution in [0.25, 0.3) is 22.5 Å². The minimum absolute atomic E-state index is 0.549. The third-order valence-corrected chi connectivity index (χ3v) is 6.79. The number of nitrogens with one attached hydrogen (secondary N) is 1. The van der Waals surface area contributed by atoms with Gasteiger partial charge in [-0.25, -0.2) is 9.97 Å². The molecule has 1 saturated carbocycles. The van der Waals surface area contributed by atoms with E-state index in [1.807, 2.05) is 35.3 Å². The molecule has 3 heterocycles. The van der Waals surface area contributed by atoms with Gasteiger partial charge in [0.1, 0.15) is 5.69 Å². The summed E-state index contributed by atoms with van der Waals surface area (Å²) in [5.41, 5.74) is 11.7. The second-order valence-corrected chi connectivity index (χ2v) is 9.20. The number of anilines is 3. The highest BCUT2D eigenvalue weighted by atomic mass is 15.3. The highest BCUT2D eigenvalue weighted by molar-refractivity contribution is 5.78. The van der Waals surface area contributed by atoms with Crippen LogP contribution in [0.3, 0.4) is 0 Å². The maximum atomic E-state index is 5.95. The van der Waals surface area contributed by atoms with E-state index >= 15 is 0 Å². The van der Waals surface area contributed by atoms with Gasteiger partial charge in [-0.05, 0) is 62.2 Å². The van der Waals surface area contributed by atoms with Crippen molar-refractivity contribution >= 4 is 17.3 Å². The van der Waals surface area contributed by atoms with Gasteiger partial charge < -0.3 is 16.0 Å². The zero-order valence-electron chi connectivity index (χ0n) is 20.8. The Morgan fingerprint density at radius 3 is 2.61 bits per heavy atom. The Hall–Kier alpha value is -3.78. The highest BCUT2D eigenvalue weighted by Crippen LogP contribution is 2.31. The molecule has 0 unspecified atom stereocenters. The van der Waals surface area contributed by atoms with Crippen LogP contribution in [0.15, 0.2) is 67.3 Å². The molecule has 8 heteroatoms. The van der Waals surface area contributed by atoms with Crippen molar-refractivity contribution in [2.45, 2.75) is 51.6 Å². The number of aryl methyl sites for hydroxylation is 1. The molecule has 1 fully saturated rings. The van der Waals surface area contributed by atoms with Gasteiger partial charge in [0, 0.05) is 73.0 Å². The molecule has 1 aromatic carbocycles. The Labute approximate surface area is 212 Å². The molecule has 5 rings (SSSR count). The standard InChI is InChI=1S/C28H34N8/c1-2-35-20-25(27(34-35)21-7-6-16-30-19-21)26-14-17-31-28(33-26)32-22-10-12-24(13-11-22)36(18-15-29)23-8-4-3-5-9-23/h6-7,10-14,16-17,19-20,23H,2-5,8-9,15,18,29H2,1H3,(H,31,32,33). The van der Waals surface area contributed by atoms with Gasteiger partial charge in [0.25, 0.3) is 0 Å². The fraction of sp³-hybridized carbons (Fsp3) is 0.357. The summed E-state index contributed by atoms with van der Waals surface area (Å²) in [5, 5.41) is 8.12. The maximum absolute atomic E-state index is 5.95. The summed E-state index contributed by atoms with van der Waals surface area (Å²) in [6.07, 6.45) is 13.8. The van der Waals surface area contributed by atoms with Gasteiger partial charge in [0.2, 0.25) is 5.95 Å². The molecule has 0 radical (unpaired) electrons. The van der Waals surface area contributed by atoms with Crippen LogP contribution < -0.4 is 16.0 Å². The lowest BCUT2D eigenvalue weighted by Gasteiger charge is -2.36. The number of nitrogens with two attached hydrogens (primary N) is 1. The Balaban J connectivity index is 1.36. The van der Waals surface area contributed by atoms with Gasteiger partial charge in [0.15, 0.2) is 0 Å². The van der Waals surface area contributed by atoms with Crippen molar-refractivity contribution in [3.05, 3.63) is 67.3 Å². The first-order valence-electron chi connectivity index (χ1n) is 12.9. The van der Waals surface area contributed by atoms with E-state index in [0.29, 0.717) is 18.5 Å². The first-order chi connectivity index (χ1) is 17.7. The van der Waals surface area contributed by atoms with E-state index in [-0.39, 0.29) is 0 Å². The van der Waals surface area contributed by atoms with Gasteiger partial charge in [-0.3, -0.25) is 9.67 Å². The molecule has 0 atom stereocenters. The molecule has 186 valence electrons. The number of aromatic nitrogens is 5. The summed E-state index contributed by atoms with van der Waals surface area (Å²) in [4.78, 5) is 16.0. The Kier molecular flexibility index (Phi) is 7.52. The number of rotatable bonds is 9. The Morgan fingerprint density at radius 1 is 1.06 bits per heavy atom. The van der Waals surface area contributed by atoms with E-state index in [1.165, 1.54) is 37.8 Å². The second kappa shape index (κ2) is 11.3. The molecule has 1 aliphatic rings. The van der Waals surface area contributed by atoms with E-state index in [9.17, 15) is 0 Å². The quantitative estimate of drug-likeness (QED) is 0.336. The largest absolute Gasteiger partial charge is 0.367 e.